The number of amides is 1. The Labute approximate surface area is 200 Å². The molecule has 0 spiro atoms. The smallest absolute Gasteiger partial charge is 0.359 e. The van der Waals surface area contributed by atoms with Crippen molar-refractivity contribution in [2.24, 2.45) is 5.92 Å². The van der Waals surface area contributed by atoms with Crippen molar-refractivity contribution in [3.8, 4) is 0 Å². The first kappa shape index (κ1) is 23.9. The number of pyridine rings is 1. The highest BCUT2D eigenvalue weighted by Crippen LogP contribution is 2.35. The Hall–Kier alpha value is -3.20. The van der Waals surface area contributed by atoms with Crippen LogP contribution in [0.4, 0.5) is 19.0 Å². The van der Waals surface area contributed by atoms with Crippen molar-refractivity contribution in [1.29, 1.82) is 0 Å². The van der Waals surface area contributed by atoms with Gasteiger partial charge in [-0.15, -0.1) is 0 Å². The van der Waals surface area contributed by atoms with E-state index in [1.54, 1.807) is 24.9 Å². The van der Waals surface area contributed by atoms with Crippen LogP contribution in [-0.2, 0) is 6.18 Å². The van der Waals surface area contributed by atoms with E-state index in [1.807, 2.05) is 29.2 Å². The molecule has 4 rings (SSSR count). The van der Waals surface area contributed by atoms with Gasteiger partial charge >= 0.3 is 6.18 Å². The zero-order chi connectivity index (χ0) is 24.5. The third-order valence-corrected chi connectivity index (χ3v) is 6.28. The average molecular weight is 490 g/mol. The van der Waals surface area contributed by atoms with E-state index in [0.717, 1.165) is 17.8 Å². The Kier molecular flexibility index (Phi) is 6.74. The monoisotopic (exact) mass is 489 g/mol. The summed E-state index contributed by atoms with van der Waals surface area (Å²) in [6, 6.07) is 11.6. The quantitative estimate of drug-likeness (QED) is 0.513. The first-order chi connectivity index (χ1) is 16.1. The Balaban J connectivity index is 1.56. The fraction of sp³-hybridized carbons (Fsp3) is 0.333. The molecule has 6 nitrogen and oxygen atoms in total. The van der Waals surface area contributed by atoms with Crippen LogP contribution in [0, 0.1) is 12.8 Å². The molecule has 1 fully saturated rings. The van der Waals surface area contributed by atoms with Crippen LogP contribution in [0.1, 0.15) is 33.1 Å². The summed E-state index contributed by atoms with van der Waals surface area (Å²) in [6.07, 6.45) is -2.14. The standard InChI is InChI=1S/C24H23ClF3N5O/c1-15-9-17(10-30-31-15)23(34)33-13-18(21(14-33)16-3-6-20(25)7-4-16)12-32(2)22-8-5-19(11-29-22)24(26,27)28/h3-11,18,21H,12-14H2,1-2H3/t18-,21+/m0/s1. The van der Waals surface area contributed by atoms with Crippen molar-refractivity contribution in [2.75, 3.05) is 31.6 Å². The van der Waals surface area contributed by atoms with E-state index >= 15 is 0 Å². The molecule has 0 aliphatic carbocycles. The van der Waals surface area contributed by atoms with E-state index < -0.39 is 11.7 Å². The van der Waals surface area contributed by atoms with Crippen molar-refractivity contribution >= 4 is 23.3 Å². The molecule has 2 aromatic heterocycles. The van der Waals surface area contributed by atoms with E-state index in [4.69, 9.17) is 11.6 Å². The van der Waals surface area contributed by atoms with Crippen molar-refractivity contribution in [1.82, 2.24) is 20.1 Å². The van der Waals surface area contributed by atoms with Gasteiger partial charge in [-0.2, -0.15) is 23.4 Å². The van der Waals surface area contributed by atoms with Crippen LogP contribution < -0.4 is 4.90 Å². The third kappa shape index (κ3) is 5.30. The number of aromatic nitrogens is 3. The van der Waals surface area contributed by atoms with Gasteiger partial charge in [0.15, 0.2) is 0 Å². The number of aryl methyl sites for hydroxylation is 1. The van der Waals surface area contributed by atoms with Gasteiger partial charge in [-0.25, -0.2) is 4.98 Å². The number of carbonyl (C=O) groups excluding carboxylic acids is 1. The first-order valence-corrected chi connectivity index (χ1v) is 11.1. The van der Waals surface area contributed by atoms with Gasteiger partial charge in [0.05, 0.1) is 23.0 Å². The van der Waals surface area contributed by atoms with Crippen LogP contribution in [0.5, 0.6) is 0 Å². The minimum absolute atomic E-state index is 0.0222. The Morgan fingerprint density at radius 2 is 1.88 bits per heavy atom. The fourth-order valence-corrected chi connectivity index (χ4v) is 4.43. The highest BCUT2D eigenvalue weighted by atomic mass is 35.5. The highest BCUT2D eigenvalue weighted by molar-refractivity contribution is 6.30. The zero-order valence-electron chi connectivity index (χ0n) is 18.6. The molecule has 10 heteroatoms. The second-order valence-corrected chi connectivity index (χ2v) is 8.93. The molecular weight excluding hydrogens is 467 g/mol. The minimum Gasteiger partial charge on any atom is -0.359 e. The van der Waals surface area contributed by atoms with Crippen molar-refractivity contribution < 1.29 is 18.0 Å². The molecule has 0 N–H and O–H groups in total. The second kappa shape index (κ2) is 9.58. The number of hydrogen-bond donors (Lipinski definition) is 0. The molecule has 1 saturated heterocycles. The number of rotatable bonds is 5. The molecular formula is C24H23ClF3N5O. The van der Waals surface area contributed by atoms with E-state index in [-0.39, 0.29) is 17.7 Å². The molecule has 3 aromatic rings. The normalized spacial score (nSPS) is 18.2. The fourth-order valence-electron chi connectivity index (χ4n) is 4.31. The summed E-state index contributed by atoms with van der Waals surface area (Å²) in [5.74, 6) is 0.348. The molecule has 2 atom stereocenters. The summed E-state index contributed by atoms with van der Waals surface area (Å²) in [6.45, 7) is 3.27. The van der Waals surface area contributed by atoms with Crippen molar-refractivity contribution in [3.63, 3.8) is 0 Å². The van der Waals surface area contributed by atoms with Crippen LogP contribution in [0.2, 0.25) is 5.02 Å². The average Bonchev–Trinajstić information content (AvgIpc) is 3.22. The summed E-state index contributed by atoms with van der Waals surface area (Å²) in [7, 11) is 1.79. The first-order valence-electron chi connectivity index (χ1n) is 10.7. The molecule has 0 unspecified atom stereocenters. The summed E-state index contributed by atoms with van der Waals surface area (Å²) in [4.78, 5) is 20.8. The molecule has 34 heavy (non-hydrogen) atoms. The van der Waals surface area contributed by atoms with Crippen LogP contribution in [-0.4, -0.2) is 52.7 Å². The lowest BCUT2D eigenvalue weighted by Crippen LogP contribution is -2.32. The third-order valence-electron chi connectivity index (χ3n) is 6.02. The van der Waals surface area contributed by atoms with Crippen LogP contribution in [0.3, 0.4) is 0 Å². The zero-order valence-corrected chi connectivity index (χ0v) is 19.4. The molecule has 1 amide bonds. The molecule has 0 bridgehead atoms. The summed E-state index contributed by atoms with van der Waals surface area (Å²) in [5.41, 5.74) is 1.38. The SMILES string of the molecule is Cc1cc(C(=O)N2C[C@H](CN(C)c3ccc(C(F)(F)F)cn3)[C@@H](c3ccc(Cl)cc3)C2)cnn1. The maximum Gasteiger partial charge on any atom is 0.417 e. The number of nitrogens with zero attached hydrogens (tertiary/aromatic N) is 5. The lowest BCUT2D eigenvalue weighted by atomic mass is 9.88. The summed E-state index contributed by atoms with van der Waals surface area (Å²) >= 11 is 6.06. The molecule has 1 aromatic carbocycles. The van der Waals surface area contributed by atoms with Gasteiger partial charge in [-0.05, 0) is 42.8 Å². The van der Waals surface area contributed by atoms with Gasteiger partial charge in [-0.1, -0.05) is 23.7 Å². The van der Waals surface area contributed by atoms with Gasteiger partial charge in [0, 0.05) is 49.7 Å². The molecule has 0 saturated carbocycles. The van der Waals surface area contributed by atoms with Gasteiger partial charge in [-0.3, -0.25) is 4.79 Å². The number of alkyl halides is 3. The lowest BCUT2D eigenvalue weighted by molar-refractivity contribution is -0.137. The molecule has 0 radical (unpaired) electrons. The van der Waals surface area contributed by atoms with Gasteiger partial charge in [0.25, 0.3) is 5.91 Å². The number of benzene rings is 1. The highest BCUT2D eigenvalue weighted by Gasteiger charge is 2.37. The minimum atomic E-state index is -4.43. The molecule has 1 aliphatic rings. The van der Waals surface area contributed by atoms with E-state index in [1.165, 1.54) is 12.3 Å². The van der Waals surface area contributed by atoms with Crippen molar-refractivity contribution in [3.05, 3.63) is 82.3 Å². The number of anilines is 1. The van der Waals surface area contributed by atoms with Crippen molar-refractivity contribution in [2.45, 2.75) is 19.0 Å². The summed E-state index contributed by atoms with van der Waals surface area (Å²) < 4.78 is 38.7. The topological polar surface area (TPSA) is 62.2 Å². The predicted octanol–water partition coefficient (Wildman–Crippen LogP) is 4.84. The maximum atomic E-state index is 13.2. The molecule has 1 aliphatic heterocycles. The number of carbonyl (C=O) groups is 1. The molecule has 178 valence electrons. The second-order valence-electron chi connectivity index (χ2n) is 8.50. The molecule has 3 heterocycles. The maximum absolute atomic E-state index is 13.2. The largest absolute Gasteiger partial charge is 0.417 e. The Bertz CT molecular complexity index is 1150. The van der Waals surface area contributed by atoms with Crippen LogP contribution >= 0.6 is 11.6 Å². The van der Waals surface area contributed by atoms with E-state index in [9.17, 15) is 18.0 Å². The summed E-state index contributed by atoms with van der Waals surface area (Å²) in [5, 5.41) is 8.42. The predicted molar refractivity (Wildman–Crippen MR) is 123 cm³/mol. The van der Waals surface area contributed by atoms with Gasteiger partial charge in [0.1, 0.15) is 5.82 Å². The van der Waals surface area contributed by atoms with Crippen LogP contribution in [0.25, 0.3) is 0 Å². The Morgan fingerprint density at radius 1 is 1.15 bits per heavy atom. The van der Waals surface area contributed by atoms with Crippen LogP contribution in [0.15, 0.2) is 54.9 Å². The van der Waals surface area contributed by atoms with Gasteiger partial charge in [0.2, 0.25) is 0 Å². The number of hydrogen-bond acceptors (Lipinski definition) is 5. The van der Waals surface area contributed by atoms with E-state index in [2.05, 4.69) is 15.2 Å². The van der Waals surface area contributed by atoms with E-state index in [0.29, 0.717) is 41.7 Å². The Morgan fingerprint density at radius 3 is 2.50 bits per heavy atom. The number of likely N-dealkylation sites (tertiary alicyclic amines) is 1. The lowest BCUT2D eigenvalue weighted by Gasteiger charge is -2.26. The van der Waals surface area contributed by atoms with Gasteiger partial charge < -0.3 is 9.80 Å². The number of halogens is 4.